The molecule has 1 aromatic carbocycles. The molecule has 0 radical (unpaired) electrons. The smallest absolute Gasteiger partial charge is 0.186 e. The minimum Gasteiger partial charge on any atom is -0.321 e. The van der Waals surface area contributed by atoms with Crippen molar-refractivity contribution in [3.63, 3.8) is 0 Å². The van der Waals surface area contributed by atoms with Crippen LogP contribution >= 0.6 is 0 Å². The van der Waals surface area contributed by atoms with Crippen LogP contribution in [0.2, 0.25) is 0 Å². The lowest BCUT2D eigenvalue weighted by Gasteiger charge is -2.12. The molecule has 19 heavy (non-hydrogen) atoms. The van der Waals surface area contributed by atoms with Crippen molar-refractivity contribution >= 4 is 0 Å². The molecule has 0 bridgehead atoms. The van der Waals surface area contributed by atoms with Crippen molar-refractivity contribution in [2.24, 2.45) is 0 Å². The fourth-order valence-corrected chi connectivity index (χ4v) is 2.06. The standard InChI is InChI=1S/C16H16N2O/c1-3-13-4-6-15(7-5-13)18-11-14(8-9-17)16(19)10-12(18)2/h4-7,10-11H,3,8H2,1-2H3. The van der Waals surface area contributed by atoms with Gasteiger partial charge in [-0.3, -0.25) is 4.79 Å². The summed E-state index contributed by atoms with van der Waals surface area (Å²) in [5.41, 5.74) is 3.62. The third kappa shape index (κ3) is 2.74. The van der Waals surface area contributed by atoms with Gasteiger partial charge >= 0.3 is 0 Å². The maximum atomic E-state index is 11.7. The van der Waals surface area contributed by atoms with Gasteiger partial charge in [-0.1, -0.05) is 19.1 Å². The molecule has 0 saturated carbocycles. The molecule has 2 aromatic rings. The molecule has 1 aromatic heterocycles. The molecule has 2 rings (SSSR count). The SMILES string of the molecule is CCc1ccc(-n2cc(CC#N)c(=O)cc2C)cc1. The van der Waals surface area contributed by atoms with Crippen molar-refractivity contribution in [2.75, 3.05) is 0 Å². The summed E-state index contributed by atoms with van der Waals surface area (Å²) in [5, 5.41) is 8.75. The highest BCUT2D eigenvalue weighted by Crippen LogP contribution is 2.13. The molecular weight excluding hydrogens is 236 g/mol. The quantitative estimate of drug-likeness (QED) is 0.843. The highest BCUT2D eigenvalue weighted by atomic mass is 16.1. The molecule has 0 aliphatic rings. The van der Waals surface area contributed by atoms with Crippen molar-refractivity contribution in [3.8, 4) is 11.8 Å². The molecule has 3 heteroatoms. The van der Waals surface area contributed by atoms with Gasteiger partial charge in [-0.15, -0.1) is 0 Å². The Morgan fingerprint density at radius 2 is 1.95 bits per heavy atom. The molecule has 0 saturated heterocycles. The molecule has 0 unspecified atom stereocenters. The summed E-state index contributed by atoms with van der Waals surface area (Å²) in [4.78, 5) is 11.7. The first-order chi connectivity index (χ1) is 9.15. The number of pyridine rings is 1. The van der Waals surface area contributed by atoms with Gasteiger partial charge in [0.25, 0.3) is 0 Å². The molecule has 1 heterocycles. The van der Waals surface area contributed by atoms with E-state index in [-0.39, 0.29) is 11.8 Å². The Hall–Kier alpha value is -2.34. The van der Waals surface area contributed by atoms with E-state index in [1.54, 1.807) is 12.3 Å². The van der Waals surface area contributed by atoms with Gasteiger partial charge in [0.2, 0.25) is 0 Å². The van der Waals surface area contributed by atoms with E-state index < -0.39 is 0 Å². The molecule has 3 nitrogen and oxygen atoms in total. The Kier molecular flexibility index (Phi) is 3.82. The molecule has 0 N–H and O–H groups in total. The normalized spacial score (nSPS) is 10.2. The molecule has 96 valence electrons. The lowest BCUT2D eigenvalue weighted by atomic mass is 10.1. The summed E-state index contributed by atoms with van der Waals surface area (Å²) in [5.74, 6) is 0. The van der Waals surface area contributed by atoms with Crippen molar-refractivity contribution in [2.45, 2.75) is 26.7 Å². The summed E-state index contributed by atoms with van der Waals surface area (Å²) in [7, 11) is 0. The zero-order valence-corrected chi connectivity index (χ0v) is 11.2. The Morgan fingerprint density at radius 3 is 2.53 bits per heavy atom. The third-order valence-electron chi connectivity index (χ3n) is 3.21. The van der Waals surface area contributed by atoms with Crippen LogP contribution in [-0.4, -0.2) is 4.57 Å². The van der Waals surface area contributed by atoms with Crippen molar-refractivity contribution in [1.82, 2.24) is 4.57 Å². The monoisotopic (exact) mass is 252 g/mol. The van der Waals surface area contributed by atoms with E-state index >= 15 is 0 Å². The average molecular weight is 252 g/mol. The largest absolute Gasteiger partial charge is 0.321 e. The molecule has 0 atom stereocenters. The van der Waals surface area contributed by atoms with Crippen LogP contribution in [0.4, 0.5) is 0 Å². The Balaban J connectivity index is 2.51. The summed E-state index contributed by atoms with van der Waals surface area (Å²) < 4.78 is 1.95. The number of hydrogen-bond acceptors (Lipinski definition) is 2. The van der Waals surface area contributed by atoms with E-state index in [0.717, 1.165) is 17.8 Å². The molecule has 0 aliphatic carbocycles. The predicted octanol–water partition coefficient (Wildman–Crippen LogP) is 2.77. The van der Waals surface area contributed by atoms with E-state index in [9.17, 15) is 4.79 Å². The van der Waals surface area contributed by atoms with Crippen LogP contribution in [0.1, 0.15) is 23.7 Å². The van der Waals surface area contributed by atoms with E-state index in [0.29, 0.717) is 5.56 Å². The zero-order valence-electron chi connectivity index (χ0n) is 11.2. The van der Waals surface area contributed by atoms with Crippen LogP contribution in [0.3, 0.4) is 0 Å². The number of nitriles is 1. The molecule has 0 aliphatic heterocycles. The van der Waals surface area contributed by atoms with Crippen molar-refractivity contribution in [3.05, 3.63) is 63.6 Å². The van der Waals surface area contributed by atoms with Gasteiger partial charge in [0.05, 0.1) is 12.5 Å². The highest BCUT2D eigenvalue weighted by Gasteiger charge is 2.05. The molecule has 0 amide bonds. The second-order valence-corrected chi connectivity index (χ2v) is 4.53. The third-order valence-corrected chi connectivity index (χ3v) is 3.21. The van der Waals surface area contributed by atoms with Crippen LogP contribution in [0.25, 0.3) is 5.69 Å². The van der Waals surface area contributed by atoms with Crippen molar-refractivity contribution in [1.29, 1.82) is 5.26 Å². The number of benzene rings is 1. The maximum Gasteiger partial charge on any atom is 0.186 e. The zero-order chi connectivity index (χ0) is 13.8. The van der Waals surface area contributed by atoms with Gasteiger partial charge in [0.1, 0.15) is 0 Å². The lowest BCUT2D eigenvalue weighted by Crippen LogP contribution is -2.13. The summed E-state index contributed by atoms with van der Waals surface area (Å²) >= 11 is 0. The predicted molar refractivity (Wildman–Crippen MR) is 75.5 cm³/mol. The van der Waals surface area contributed by atoms with E-state index in [4.69, 9.17) is 5.26 Å². The number of nitrogens with zero attached hydrogens (tertiary/aromatic N) is 2. The van der Waals surface area contributed by atoms with Crippen LogP contribution in [-0.2, 0) is 12.8 Å². The first kappa shape index (κ1) is 13.1. The lowest BCUT2D eigenvalue weighted by molar-refractivity contribution is 0.946. The van der Waals surface area contributed by atoms with E-state index in [2.05, 4.69) is 19.1 Å². The van der Waals surface area contributed by atoms with Gasteiger partial charge in [-0.25, -0.2) is 0 Å². The highest BCUT2D eigenvalue weighted by molar-refractivity contribution is 5.38. The van der Waals surface area contributed by atoms with E-state index in [1.165, 1.54) is 5.56 Å². The Labute approximate surface area is 112 Å². The Morgan fingerprint density at radius 1 is 1.26 bits per heavy atom. The first-order valence-corrected chi connectivity index (χ1v) is 6.34. The minimum atomic E-state index is -0.0690. The molecule has 0 fully saturated rings. The summed E-state index contributed by atoms with van der Waals surface area (Å²) in [6.45, 7) is 4.01. The number of aryl methyl sites for hydroxylation is 2. The van der Waals surface area contributed by atoms with Gasteiger partial charge < -0.3 is 4.57 Å². The topological polar surface area (TPSA) is 45.8 Å². The minimum absolute atomic E-state index is 0.0690. The van der Waals surface area contributed by atoms with Crippen LogP contribution < -0.4 is 5.43 Å². The van der Waals surface area contributed by atoms with Gasteiger partial charge in [-0.05, 0) is 31.0 Å². The van der Waals surface area contributed by atoms with Crippen LogP contribution in [0.5, 0.6) is 0 Å². The van der Waals surface area contributed by atoms with Crippen molar-refractivity contribution < 1.29 is 0 Å². The maximum absolute atomic E-state index is 11.7. The summed E-state index contributed by atoms with van der Waals surface area (Å²) in [6, 6.07) is 11.8. The average Bonchev–Trinajstić information content (AvgIpc) is 2.42. The Bertz CT molecular complexity index is 675. The second-order valence-electron chi connectivity index (χ2n) is 4.53. The van der Waals surface area contributed by atoms with Gasteiger partial charge in [0.15, 0.2) is 5.43 Å². The summed E-state index contributed by atoms with van der Waals surface area (Å²) in [6.07, 6.45) is 2.91. The van der Waals surface area contributed by atoms with Crippen LogP contribution in [0, 0.1) is 18.3 Å². The van der Waals surface area contributed by atoms with Crippen LogP contribution in [0.15, 0.2) is 41.3 Å². The fourth-order valence-electron chi connectivity index (χ4n) is 2.06. The van der Waals surface area contributed by atoms with Gasteiger partial charge in [0, 0.05) is 29.2 Å². The molecule has 0 spiro atoms. The first-order valence-electron chi connectivity index (χ1n) is 6.34. The number of aromatic nitrogens is 1. The second kappa shape index (κ2) is 5.53. The van der Waals surface area contributed by atoms with Gasteiger partial charge in [-0.2, -0.15) is 5.26 Å². The number of rotatable bonds is 3. The number of hydrogen-bond donors (Lipinski definition) is 0. The molecular formula is C16H16N2O. The fraction of sp³-hybridized carbons (Fsp3) is 0.250. The van der Waals surface area contributed by atoms with E-state index in [1.807, 2.05) is 29.7 Å².